The van der Waals surface area contributed by atoms with Gasteiger partial charge in [-0.1, -0.05) is 23.7 Å². The first kappa shape index (κ1) is 16.2. The summed E-state index contributed by atoms with van der Waals surface area (Å²) in [5, 5.41) is 9.52. The van der Waals surface area contributed by atoms with Gasteiger partial charge in [0.25, 0.3) is 0 Å². The van der Waals surface area contributed by atoms with Gasteiger partial charge in [-0.15, -0.1) is 0 Å². The van der Waals surface area contributed by atoms with Crippen molar-refractivity contribution in [3.05, 3.63) is 34.6 Å². The van der Waals surface area contributed by atoms with Crippen LogP contribution in [-0.2, 0) is 11.3 Å². The van der Waals surface area contributed by atoms with E-state index in [0.717, 1.165) is 24.9 Å². The Labute approximate surface area is 129 Å². The Morgan fingerprint density at radius 1 is 1.52 bits per heavy atom. The van der Waals surface area contributed by atoms with Crippen LogP contribution in [0.2, 0.25) is 5.02 Å². The highest BCUT2D eigenvalue weighted by Crippen LogP contribution is 2.35. The smallest absolute Gasteiger partial charge is 0.309 e. The summed E-state index contributed by atoms with van der Waals surface area (Å²) >= 11 is 5.99. The molecule has 3 nitrogen and oxygen atoms in total. The average molecular weight is 314 g/mol. The van der Waals surface area contributed by atoms with Gasteiger partial charge in [-0.05, 0) is 50.8 Å². The lowest BCUT2D eigenvalue weighted by Crippen LogP contribution is -2.44. The van der Waals surface area contributed by atoms with Crippen LogP contribution in [0.1, 0.15) is 32.3 Å². The van der Waals surface area contributed by atoms with Crippen LogP contribution in [0.5, 0.6) is 0 Å². The lowest BCUT2D eigenvalue weighted by Gasteiger charge is -2.39. The van der Waals surface area contributed by atoms with Gasteiger partial charge in [0.1, 0.15) is 5.82 Å². The number of likely N-dealkylation sites (tertiary alicyclic amines) is 1. The zero-order chi connectivity index (χ0) is 15.6. The molecule has 1 aliphatic rings. The predicted molar refractivity (Wildman–Crippen MR) is 80.8 cm³/mol. The zero-order valence-corrected chi connectivity index (χ0v) is 13.2. The third-order valence-corrected chi connectivity index (χ3v) is 4.93. The topological polar surface area (TPSA) is 40.5 Å². The fourth-order valence-electron chi connectivity index (χ4n) is 2.87. The lowest BCUT2D eigenvalue weighted by molar-refractivity contribution is -0.151. The molecule has 0 radical (unpaired) electrons. The van der Waals surface area contributed by atoms with Crippen molar-refractivity contribution < 1.29 is 14.3 Å². The van der Waals surface area contributed by atoms with Crippen molar-refractivity contribution in [3.8, 4) is 0 Å². The number of carboxylic acids is 1. The molecule has 1 aromatic carbocycles. The van der Waals surface area contributed by atoms with E-state index in [-0.39, 0.29) is 10.9 Å². The molecule has 1 saturated heterocycles. The second-order valence-electron chi connectivity index (χ2n) is 6.31. The molecule has 0 aromatic heterocycles. The molecule has 1 unspecified atom stereocenters. The van der Waals surface area contributed by atoms with E-state index in [1.54, 1.807) is 19.9 Å². The van der Waals surface area contributed by atoms with Crippen molar-refractivity contribution in [2.75, 3.05) is 13.1 Å². The Hall–Kier alpha value is -1.13. The summed E-state index contributed by atoms with van der Waals surface area (Å²) in [5.41, 5.74) is 0.00941. The molecule has 1 fully saturated rings. The van der Waals surface area contributed by atoms with Crippen molar-refractivity contribution in [1.29, 1.82) is 0 Å². The van der Waals surface area contributed by atoms with Gasteiger partial charge in [-0.25, -0.2) is 4.39 Å². The number of halogens is 2. The molecule has 1 heterocycles. The molecular weight excluding hydrogens is 293 g/mol. The van der Waals surface area contributed by atoms with Gasteiger partial charge in [0, 0.05) is 13.1 Å². The van der Waals surface area contributed by atoms with Gasteiger partial charge in [-0.2, -0.15) is 0 Å². The summed E-state index contributed by atoms with van der Waals surface area (Å²) in [4.78, 5) is 13.6. The molecule has 21 heavy (non-hydrogen) atoms. The summed E-state index contributed by atoms with van der Waals surface area (Å²) in [7, 11) is 0. The van der Waals surface area contributed by atoms with E-state index in [4.69, 9.17) is 11.6 Å². The molecule has 1 N–H and O–H groups in total. The Morgan fingerprint density at radius 3 is 2.90 bits per heavy atom. The van der Waals surface area contributed by atoms with Crippen LogP contribution in [-0.4, -0.2) is 29.1 Å². The standard InChI is InChI=1S/C16H21ClFNO2/c1-16(2,15(20)21)12-6-4-8-19(10-12)9-11-5-3-7-13(18)14(11)17/h3,5,7,12H,4,6,8-10H2,1-2H3,(H,20,21). The quantitative estimate of drug-likeness (QED) is 0.919. The van der Waals surface area contributed by atoms with Gasteiger partial charge < -0.3 is 5.11 Å². The van der Waals surface area contributed by atoms with E-state index in [1.165, 1.54) is 6.07 Å². The van der Waals surface area contributed by atoms with Crippen molar-refractivity contribution in [2.45, 2.75) is 33.2 Å². The Balaban J connectivity index is 2.08. The summed E-state index contributed by atoms with van der Waals surface area (Å²) < 4.78 is 13.5. The van der Waals surface area contributed by atoms with Crippen LogP contribution in [0.25, 0.3) is 0 Å². The molecule has 2 rings (SSSR count). The number of benzene rings is 1. The van der Waals surface area contributed by atoms with Gasteiger partial charge in [-0.3, -0.25) is 9.69 Å². The van der Waals surface area contributed by atoms with Crippen molar-refractivity contribution in [2.24, 2.45) is 11.3 Å². The second-order valence-corrected chi connectivity index (χ2v) is 6.69. The van der Waals surface area contributed by atoms with E-state index < -0.39 is 17.2 Å². The van der Waals surface area contributed by atoms with Crippen LogP contribution in [0.4, 0.5) is 4.39 Å². The van der Waals surface area contributed by atoms with E-state index in [0.29, 0.717) is 13.1 Å². The average Bonchev–Trinajstić information content (AvgIpc) is 2.44. The first-order valence-corrected chi connectivity index (χ1v) is 7.59. The van der Waals surface area contributed by atoms with Crippen molar-refractivity contribution >= 4 is 17.6 Å². The highest BCUT2D eigenvalue weighted by atomic mass is 35.5. The number of carboxylic acid groups (broad SMARTS) is 1. The van der Waals surface area contributed by atoms with Crippen LogP contribution < -0.4 is 0 Å². The van der Waals surface area contributed by atoms with E-state index in [9.17, 15) is 14.3 Å². The van der Waals surface area contributed by atoms with Crippen molar-refractivity contribution in [1.82, 2.24) is 4.90 Å². The highest BCUT2D eigenvalue weighted by molar-refractivity contribution is 6.31. The number of nitrogens with zero attached hydrogens (tertiary/aromatic N) is 1. The van der Waals surface area contributed by atoms with E-state index >= 15 is 0 Å². The van der Waals surface area contributed by atoms with Crippen LogP contribution >= 0.6 is 11.6 Å². The molecular formula is C16H21ClFNO2. The maximum Gasteiger partial charge on any atom is 0.309 e. The normalized spacial score (nSPS) is 20.5. The lowest BCUT2D eigenvalue weighted by atomic mass is 9.74. The predicted octanol–water partition coefficient (Wildman–Crippen LogP) is 3.80. The number of hydrogen-bond donors (Lipinski definition) is 1. The first-order valence-electron chi connectivity index (χ1n) is 7.21. The third kappa shape index (κ3) is 3.55. The fourth-order valence-corrected chi connectivity index (χ4v) is 3.06. The number of piperidine rings is 1. The molecule has 0 saturated carbocycles. The number of hydrogen-bond acceptors (Lipinski definition) is 2. The molecule has 0 spiro atoms. The summed E-state index contributed by atoms with van der Waals surface area (Å²) in [6.45, 7) is 5.70. The van der Waals surface area contributed by atoms with Crippen LogP contribution in [0.15, 0.2) is 18.2 Å². The largest absolute Gasteiger partial charge is 0.481 e. The van der Waals surface area contributed by atoms with Gasteiger partial charge in [0.2, 0.25) is 0 Å². The molecule has 0 aliphatic carbocycles. The van der Waals surface area contributed by atoms with Gasteiger partial charge in [0.15, 0.2) is 0 Å². The molecule has 1 atom stereocenters. The molecule has 1 aliphatic heterocycles. The van der Waals surface area contributed by atoms with Crippen LogP contribution in [0.3, 0.4) is 0 Å². The maximum absolute atomic E-state index is 13.5. The monoisotopic (exact) mass is 313 g/mol. The SMILES string of the molecule is CC(C)(C(=O)O)C1CCCN(Cc2cccc(F)c2Cl)C1. The number of carbonyl (C=O) groups is 1. The molecule has 1 aromatic rings. The van der Waals surface area contributed by atoms with Gasteiger partial charge >= 0.3 is 5.97 Å². The number of aliphatic carboxylic acids is 1. The number of rotatable bonds is 4. The fraction of sp³-hybridized carbons (Fsp3) is 0.562. The zero-order valence-electron chi connectivity index (χ0n) is 12.4. The summed E-state index contributed by atoms with van der Waals surface area (Å²) in [6, 6.07) is 4.81. The maximum atomic E-state index is 13.5. The minimum atomic E-state index is -0.766. The Morgan fingerprint density at radius 2 is 2.24 bits per heavy atom. The summed E-state index contributed by atoms with van der Waals surface area (Å²) in [5.74, 6) is -1.08. The first-order chi connectivity index (χ1) is 9.82. The minimum Gasteiger partial charge on any atom is -0.481 e. The Kier molecular flexibility index (Phi) is 4.89. The van der Waals surface area contributed by atoms with Gasteiger partial charge in [0.05, 0.1) is 10.4 Å². The third-order valence-electron chi connectivity index (χ3n) is 4.50. The minimum absolute atomic E-state index is 0.0936. The van der Waals surface area contributed by atoms with Crippen LogP contribution in [0, 0.1) is 17.2 Å². The second kappa shape index (κ2) is 6.32. The molecule has 0 amide bonds. The Bertz CT molecular complexity index is 533. The molecule has 0 bridgehead atoms. The van der Waals surface area contributed by atoms with Crippen molar-refractivity contribution in [3.63, 3.8) is 0 Å². The summed E-state index contributed by atoms with van der Waals surface area (Å²) in [6.07, 6.45) is 1.86. The highest BCUT2D eigenvalue weighted by Gasteiger charge is 2.39. The molecule has 5 heteroatoms. The van der Waals surface area contributed by atoms with E-state index in [2.05, 4.69) is 4.90 Å². The molecule has 116 valence electrons. The van der Waals surface area contributed by atoms with E-state index in [1.807, 2.05) is 6.07 Å².